The van der Waals surface area contributed by atoms with E-state index in [2.05, 4.69) is 4.98 Å². The Balaban J connectivity index is 1.95. The number of oxazole rings is 1. The fourth-order valence-corrected chi connectivity index (χ4v) is 2.11. The van der Waals surface area contributed by atoms with Crippen molar-refractivity contribution in [3.8, 4) is 11.3 Å². The van der Waals surface area contributed by atoms with Gasteiger partial charge >= 0.3 is 0 Å². The maximum absolute atomic E-state index is 11.9. The second-order valence-corrected chi connectivity index (χ2v) is 4.55. The van der Waals surface area contributed by atoms with Gasteiger partial charge in [-0.25, -0.2) is 4.98 Å². The molecule has 0 fully saturated rings. The van der Waals surface area contributed by atoms with E-state index < -0.39 is 0 Å². The van der Waals surface area contributed by atoms with E-state index in [9.17, 15) is 4.79 Å². The Morgan fingerprint density at radius 2 is 1.90 bits per heavy atom. The van der Waals surface area contributed by atoms with Gasteiger partial charge in [0.05, 0.1) is 6.20 Å². The fraction of sp³-hybridized carbons (Fsp3) is 0.375. The summed E-state index contributed by atoms with van der Waals surface area (Å²) in [4.78, 5) is 18.0. The summed E-state index contributed by atoms with van der Waals surface area (Å²) in [5.74, 6) is 1.51. The minimum Gasteiger partial charge on any atom is -0.441 e. The molecular formula is C16H20N2O2. The van der Waals surface area contributed by atoms with Gasteiger partial charge in [0.15, 0.2) is 11.7 Å². The van der Waals surface area contributed by atoms with Crippen LogP contribution in [0.25, 0.3) is 11.3 Å². The first-order valence-electron chi connectivity index (χ1n) is 7.02. The van der Waals surface area contributed by atoms with Crippen LogP contribution in [0.1, 0.15) is 26.2 Å². The van der Waals surface area contributed by atoms with Gasteiger partial charge in [0.25, 0.3) is 0 Å². The van der Waals surface area contributed by atoms with Crippen molar-refractivity contribution in [1.29, 1.82) is 0 Å². The average Bonchev–Trinajstić information content (AvgIpc) is 2.96. The van der Waals surface area contributed by atoms with Gasteiger partial charge in [0.2, 0.25) is 5.91 Å². The van der Waals surface area contributed by atoms with Gasteiger partial charge in [-0.05, 0) is 13.8 Å². The van der Waals surface area contributed by atoms with Crippen LogP contribution in [0.15, 0.2) is 40.9 Å². The molecule has 20 heavy (non-hydrogen) atoms. The van der Waals surface area contributed by atoms with Gasteiger partial charge in [-0.2, -0.15) is 0 Å². The molecule has 4 nitrogen and oxygen atoms in total. The molecule has 1 aromatic carbocycles. The van der Waals surface area contributed by atoms with Crippen LogP contribution in [0.2, 0.25) is 0 Å². The predicted octanol–water partition coefficient (Wildman–Crippen LogP) is 3.14. The van der Waals surface area contributed by atoms with Crippen LogP contribution in [0.3, 0.4) is 0 Å². The second-order valence-electron chi connectivity index (χ2n) is 4.55. The van der Waals surface area contributed by atoms with Crippen LogP contribution in [0.5, 0.6) is 0 Å². The van der Waals surface area contributed by atoms with Crippen molar-refractivity contribution < 1.29 is 9.21 Å². The number of hydrogen-bond acceptors (Lipinski definition) is 3. The zero-order valence-corrected chi connectivity index (χ0v) is 12.0. The third-order valence-electron chi connectivity index (χ3n) is 3.28. The van der Waals surface area contributed by atoms with E-state index >= 15 is 0 Å². The molecule has 0 aliphatic carbocycles. The van der Waals surface area contributed by atoms with Gasteiger partial charge in [-0.1, -0.05) is 30.3 Å². The molecule has 2 aromatic rings. The lowest BCUT2D eigenvalue weighted by atomic mass is 10.2. The van der Waals surface area contributed by atoms with E-state index in [1.165, 1.54) is 0 Å². The summed E-state index contributed by atoms with van der Waals surface area (Å²) in [6.45, 7) is 5.46. The second kappa shape index (κ2) is 6.89. The molecule has 4 heteroatoms. The SMILES string of the molecule is CCN(CC)C(=O)CCc1ncc(-c2ccccc2)o1. The number of amides is 1. The number of aromatic nitrogens is 1. The van der Waals surface area contributed by atoms with Crippen LogP contribution in [0, 0.1) is 0 Å². The molecule has 0 unspecified atom stereocenters. The van der Waals surface area contributed by atoms with Crippen molar-refractivity contribution in [3.05, 3.63) is 42.4 Å². The van der Waals surface area contributed by atoms with Crippen LogP contribution < -0.4 is 0 Å². The quantitative estimate of drug-likeness (QED) is 0.811. The topological polar surface area (TPSA) is 46.3 Å². The molecule has 1 heterocycles. The monoisotopic (exact) mass is 272 g/mol. The van der Waals surface area contributed by atoms with Crippen LogP contribution >= 0.6 is 0 Å². The van der Waals surface area contributed by atoms with E-state index in [-0.39, 0.29) is 5.91 Å². The van der Waals surface area contributed by atoms with E-state index in [1.54, 1.807) is 6.20 Å². The molecule has 0 atom stereocenters. The van der Waals surface area contributed by atoms with E-state index in [0.29, 0.717) is 18.7 Å². The smallest absolute Gasteiger partial charge is 0.223 e. The zero-order valence-electron chi connectivity index (χ0n) is 12.0. The minimum atomic E-state index is 0.148. The largest absolute Gasteiger partial charge is 0.441 e. The first kappa shape index (κ1) is 14.3. The number of carbonyl (C=O) groups excluding carboxylic acids is 1. The molecule has 2 rings (SSSR count). The first-order valence-corrected chi connectivity index (χ1v) is 7.02. The van der Waals surface area contributed by atoms with Crippen molar-refractivity contribution in [1.82, 2.24) is 9.88 Å². The molecule has 1 aromatic heterocycles. The van der Waals surface area contributed by atoms with Crippen molar-refractivity contribution in [2.45, 2.75) is 26.7 Å². The predicted molar refractivity (Wildman–Crippen MR) is 78.2 cm³/mol. The lowest BCUT2D eigenvalue weighted by Crippen LogP contribution is -2.30. The van der Waals surface area contributed by atoms with Crippen molar-refractivity contribution in [3.63, 3.8) is 0 Å². The summed E-state index contributed by atoms with van der Waals surface area (Å²) in [5, 5.41) is 0. The van der Waals surface area contributed by atoms with Crippen LogP contribution in [-0.2, 0) is 11.2 Å². The Morgan fingerprint density at radius 3 is 2.55 bits per heavy atom. The molecule has 0 aliphatic rings. The van der Waals surface area contributed by atoms with E-state index in [0.717, 1.165) is 24.4 Å². The summed E-state index contributed by atoms with van der Waals surface area (Å²) < 4.78 is 5.69. The molecule has 0 bridgehead atoms. The van der Waals surface area contributed by atoms with Crippen LogP contribution in [-0.4, -0.2) is 28.9 Å². The normalized spacial score (nSPS) is 10.5. The maximum Gasteiger partial charge on any atom is 0.223 e. The third kappa shape index (κ3) is 3.47. The number of carbonyl (C=O) groups is 1. The highest BCUT2D eigenvalue weighted by Gasteiger charge is 2.12. The van der Waals surface area contributed by atoms with E-state index in [4.69, 9.17) is 4.42 Å². The van der Waals surface area contributed by atoms with E-state index in [1.807, 2.05) is 49.1 Å². The highest BCUT2D eigenvalue weighted by Crippen LogP contribution is 2.20. The van der Waals surface area contributed by atoms with Crippen molar-refractivity contribution in [2.75, 3.05) is 13.1 Å². The minimum absolute atomic E-state index is 0.148. The van der Waals surface area contributed by atoms with Crippen molar-refractivity contribution in [2.24, 2.45) is 0 Å². The summed E-state index contributed by atoms with van der Waals surface area (Å²) in [7, 11) is 0. The summed E-state index contributed by atoms with van der Waals surface area (Å²) in [5.41, 5.74) is 1.00. The first-order chi connectivity index (χ1) is 9.74. The summed E-state index contributed by atoms with van der Waals surface area (Å²) in [6.07, 6.45) is 2.70. The molecule has 0 saturated heterocycles. The highest BCUT2D eigenvalue weighted by atomic mass is 16.4. The highest BCUT2D eigenvalue weighted by molar-refractivity contribution is 5.76. The fourth-order valence-electron chi connectivity index (χ4n) is 2.11. The lowest BCUT2D eigenvalue weighted by molar-refractivity contribution is -0.130. The Labute approximate surface area is 119 Å². The molecule has 0 N–H and O–H groups in total. The Bertz CT molecular complexity index is 545. The van der Waals surface area contributed by atoms with Gasteiger partial charge in [-0.15, -0.1) is 0 Å². The third-order valence-corrected chi connectivity index (χ3v) is 3.28. The summed E-state index contributed by atoms with van der Waals surface area (Å²) >= 11 is 0. The van der Waals surface area contributed by atoms with Gasteiger partial charge in [0.1, 0.15) is 0 Å². The Kier molecular flexibility index (Phi) is 4.93. The number of benzene rings is 1. The standard InChI is InChI=1S/C16H20N2O2/c1-3-18(4-2)16(19)11-10-15-17-12-14(20-15)13-8-6-5-7-9-13/h5-9,12H,3-4,10-11H2,1-2H3. The molecular weight excluding hydrogens is 252 g/mol. The maximum atomic E-state index is 11.9. The number of nitrogens with zero attached hydrogens (tertiary/aromatic N) is 2. The zero-order chi connectivity index (χ0) is 14.4. The van der Waals surface area contributed by atoms with Gasteiger partial charge < -0.3 is 9.32 Å². The van der Waals surface area contributed by atoms with Gasteiger partial charge in [0, 0.05) is 31.5 Å². The van der Waals surface area contributed by atoms with Gasteiger partial charge in [-0.3, -0.25) is 4.79 Å². The molecule has 0 saturated carbocycles. The molecule has 106 valence electrons. The molecule has 0 aliphatic heterocycles. The van der Waals surface area contributed by atoms with Crippen LogP contribution in [0.4, 0.5) is 0 Å². The molecule has 0 radical (unpaired) electrons. The number of rotatable bonds is 6. The van der Waals surface area contributed by atoms with Crippen molar-refractivity contribution >= 4 is 5.91 Å². The Hall–Kier alpha value is -2.10. The number of aryl methyl sites for hydroxylation is 1. The molecule has 1 amide bonds. The number of hydrogen-bond donors (Lipinski definition) is 0. The lowest BCUT2D eigenvalue weighted by Gasteiger charge is -2.17. The summed E-state index contributed by atoms with van der Waals surface area (Å²) in [6, 6.07) is 9.84. The Morgan fingerprint density at radius 1 is 1.20 bits per heavy atom. The average molecular weight is 272 g/mol. The molecule has 0 spiro atoms.